The number of hydrogen-bond donors (Lipinski definition) is 1. The quantitative estimate of drug-likeness (QED) is 0.709. The Balaban J connectivity index is 1.91. The first-order valence-electron chi connectivity index (χ1n) is 8.65. The third-order valence-electron chi connectivity index (χ3n) is 4.96. The number of nitrogens with zero attached hydrogens (tertiary/aromatic N) is 1. The van der Waals surface area contributed by atoms with Crippen molar-refractivity contribution in [2.45, 2.75) is 31.5 Å². The summed E-state index contributed by atoms with van der Waals surface area (Å²) in [6.07, 6.45) is -3.04. The summed E-state index contributed by atoms with van der Waals surface area (Å²) in [6.45, 7) is 0.630. The van der Waals surface area contributed by atoms with Crippen molar-refractivity contribution in [3.05, 3.63) is 64.7 Å². The number of benzene rings is 2. The number of aliphatic carboxylic acids is 1. The highest BCUT2D eigenvalue weighted by Crippen LogP contribution is 2.40. The van der Waals surface area contributed by atoms with E-state index in [4.69, 9.17) is 16.7 Å². The van der Waals surface area contributed by atoms with E-state index in [1.54, 1.807) is 12.1 Å². The average molecular weight is 398 g/mol. The number of halogens is 4. The molecule has 1 N–H and O–H groups in total. The Morgan fingerprint density at radius 2 is 1.74 bits per heavy atom. The summed E-state index contributed by atoms with van der Waals surface area (Å²) >= 11 is 5.95. The predicted molar refractivity (Wildman–Crippen MR) is 98.0 cm³/mol. The standard InChI is InChI=1S/C20H19ClF3NO2/c21-16-5-7-17(8-6-16)25-10-9-13(12-19(26)27)11-18(25)14-1-3-15(4-2-14)20(22,23)24/h1-8,13,18H,9-12H2,(H,26,27). The molecule has 0 bridgehead atoms. The molecule has 0 radical (unpaired) electrons. The molecule has 7 heteroatoms. The monoisotopic (exact) mass is 397 g/mol. The molecule has 2 aromatic carbocycles. The minimum absolute atomic E-state index is 0.0154. The molecule has 0 aromatic heterocycles. The van der Waals surface area contributed by atoms with Crippen LogP contribution in [0.1, 0.15) is 36.4 Å². The van der Waals surface area contributed by atoms with Crippen molar-refractivity contribution in [2.75, 3.05) is 11.4 Å². The van der Waals surface area contributed by atoms with Crippen molar-refractivity contribution < 1.29 is 23.1 Å². The molecule has 0 saturated carbocycles. The summed E-state index contributed by atoms with van der Waals surface area (Å²) in [5, 5.41) is 9.71. The number of carbonyl (C=O) groups is 1. The van der Waals surface area contributed by atoms with E-state index in [9.17, 15) is 18.0 Å². The molecular weight excluding hydrogens is 379 g/mol. The van der Waals surface area contributed by atoms with Crippen molar-refractivity contribution in [2.24, 2.45) is 5.92 Å². The third kappa shape index (κ3) is 4.75. The van der Waals surface area contributed by atoms with Crippen LogP contribution in [0.25, 0.3) is 0 Å². The Kier molecular flexibility index (Phi) is 5.65. The zero-order valence-corrected chi connectivity index (χ0v) is 15.2. The third-order valence-corrected chi connectivity index (χ3v) is 5.21. The fraction of sp³-hybridized carbons (Fsp3) is 0.350. The minimum atomic E-state index is -4.38. The maximum absolute atomic E-state index is 12.9. The summed E-state index contributed by atoms with van der Waals surface area (Å²) in [7, 11) is 0. The highest BCUT2D eigenvalue weighted by molar-refractivity contribution is 6.30. The van der Waals surface area contributed by atoms with Gasteiger partial charge >= 0.3 is 12.1 Å². The molecule has 3 nitrogen and oxygen atoms in total. The SMILES string of the molecule is O=C(O)CC1CCN(c2ccc(Cl)cc2)C(c2ccc(C(F)(F)F)cc2)C1. The number of hydrogen-bond acceptors (Lipinski definition) is 2. The minimum Gasteiger partial charge on any atom is -0.481 e. The molecule has 1 aliphatic rings. The van der Waals surface area contributed by atoms with E-state index in [-0.39, 0.29) is 18.4 Å². The second-order valence-electron chi connectivity index (χ2n) is 6.79. The van der Waals surface area contributed by atoms with Gasteiger partial charge in [-0.1, -0.05) is 23.7 Å². The normalized spacial score (nSPS) is 20.5. The molecule has 27 heavy (non-hydrogen) atoms. The van der Waals surface area contributed by atoms with Crippen molar-refractivity contribution >= 4 is 23.3 Å². The van der Waals surface area contributed by atoms with Gasteiger partial charge in [-0.2, -0.15) is 13.2 Å². The smallest absolute Gasteiger partial charge is 0.416 e. The van der Waals surface area contributed by atoms with Gasteiger partial charge in [-0.15, -0.1) is 0 Å². The Morgan fingerprint density at radius 1 is 1.11 bits per heavy atom. The second-order valence-corrected chi connectivity index (χ2v) is 7.23. The molecule has 1 saturated heterocycles. The van der Waals surface area contributed by atoms with Crippen LogP contribution in [0.15, 0.2) is 48.5 Å². The maximum atomic E-state index is 12.9. The molecule has 2 unspecified atom stereocenters. The van der Waals surface area contributed by atoms with Gasteiger partial charge in [0.1, 0.15) is 0 Å². The molecule has 0 aliphatic carbocycles. The van der Waals surface area contributed by atoms with Gasteiger partial charge in [-0.05, 0) is 60.7 Å². The van der Waals surface area contributed by atoms with Crippen LogP contribution in [0.5, 0.6) is 0 Å². The van der Waals surface area contributed by atoms with Gasteiger partial charge in [-0.25, -0.2) is 0 Å². The Hall–Kier alpha value is -2.21. The van der Waals surface area contributed by atoms with Crippen molar-refractivity contribution in [3.63, 3.8) is 0 Å². The van der Waals surface area contributed by atoms with Crippen LogP contribution in [0.2, 0.25) is 5.02 Å². The number of piperidine rings is 1. The molecular formula is C20H19ClF3NO2. The largest absolute Gasteiger partial charge is 0.481 e. The van der Waals surface area contributed by atoms with Crippen LogP contribution in [-0.2, 0) is 11.0 Å². The summed E-state index contributed by atoms with van der Waals surface area (Å²) in [5.74, 6) is -0.871. The maximum Gasteiger partial charge on any atom is 0.416 e. The Morgan fingerprint density at radius 3 is 2.30 bits per heavy atom. The molecule has 0 spiro atoms. The van der Waals surface area contributed by atoms with Gasteiger partial charge in [0.05, 0.1) is 11.6 Å². The highest BCUT2D eigenvalue weighted by atomic mass is 35.5. The van der Waals surface area contributed by atoms with E-state index in [0.717, 1.165) is 23.4 Å². The summed E-state index contributed by atoms with van der Waals surface area (Å²) in [6, 6.07) is 12.2. The molecule has 2 aromatic rings. The van der Waals surface area contributed by atoms with Crippen LogP contribution in [0, 0.1) is 5.92 Å². The van der Waals surface area contributed by atoms with Gasteiger partial charge in [0, 0.05) is 23.7 Å². The number of carboxylic acids is 1. The van der Waals surface area contributed by atoms with Crippen LogP contribution in [0.4, 0.5) is 18.9 Å². The van der Waals surface area contributed by atoms with E-state index in [2.05, 4.69) is 4.90 Å². The van der Waals surface area contributed by atoms with Crippen molar-refractivity contribution in [1.82, 2.24) is 0 Å². The van der Waals surface area contributed by atoms with Crippen molar-refractivity contribution in [3.8, 4) is 0 Å². The molecule has 1 aliphatic heterocycles. The predicted octanol–water partition coefficient (Wildman–Crippen LogP) is 5.79. The van der Waals surface area contributed by atoms with Crippen molar-refractivity contribution in [1.29, 1.82) is 0 Å². The lowest BCUT2D eigenvalue weighted by atomic mass is 9.84. The van der Waals surface area contributed by atoms with Gasteiger partial charge in [0.15, 0.2) is 0 Å². The van der Waals surface area contributed by atoms with Crippen LogP contribution in [-0.4, -0.2) is 17.6 Å². The lowest BCUT2D eigenvalue weighted by Gasteiger charge is -2.41. The van der Waals surface area contributed by atoms with Gasteiger partial charge in [0.2, 0.25) is 0 Å². The number of alkyl halides is 3. The van der Waals surface area contributed by atoms with E-state index in [1.807, 2.05) is 12.1 Å². The second kappa shape index (κ2) is 7.80. The molecule has 3 rings (SSSR count). The van der Waals surface area contributed by atoms with E-state index < -0.39 is 17.7 Å². The topological polar surface area (TPSA) is 40.5 Å². The number of anilines is 1. The van der Waals surface area contributed by atoms with E-state index >= 15 is 0 Å². The number of carboxylic acid groups (broad SMARTS) is 1. The lowest BCUT2D eigenvalue weighted by molar-refractivity contribution is -0.139. The van der Waals surface area contributed by atoms with Gasteiger partial charge in [-0.3, -0.25) is 4.79 Å². The zero-order chi connectivity index (χ0) is 19.6. The molecule has 2 atom stereocenters. The van der Waals surface area contributed by atoms with Gasteiger partial charge in [0.25, 0.3) is 0 Å². The highest BCUT2D eigenvalue weighted by Gasteiger charge is 2.33. The van der Waals surface area contributed by atoms with E-state index in [0.29, 0.717) is 24.4 Å². The molecule has 0 amide bonds. The molecule has 1 fully saturated rings. The summed E-state index contributed by atoms with van der Waals surface area (Å²) < 4.78 is 38.6. The fourth-order valence-electron chi connectivity index (χ4n) is 3.62. The molecule has 144 valence electrons. The number of rotatable bonds is 4. The Labute approximate surface area is 160 Å². The first-order valence-corrected chi connectivity index (χ1v) is 9.03. The average Bonchev–Trinajstić information content (AvgIpc) is 2.61. The first kappa shape index (κ1) is 19.5. The lowest BCUT2D eigenvalue weighted by Crippen LogP contribution is -2.37. The van der Waals surface area contributed by atoms with Crippen LogP contribution in [0.3, 0.4) is 0 Å². The Bertz CT molecular complexity index is 790. The van der Waals surface area contributed by atoms with E-state index in [1.165, 1.54) is 12.1 Å². The van der Waals surface area contributed by atoms with Crippen LogP contribution < -0.4 is 4.90 Å². The van der Waals surface area contributed by atoms with Crippen LogP contribution >= 0.6 is 11.6 Å². The zero-order valence-electron chi connectivity index (χ0n) is 14.4. The molecule has 1 heterocycles. The fourth-order valence-corrected chi connectivity index (χ4v) is 3.75. The van der Waals surface area contributed by atoms with Gasteiger partial charge < -0.3 is 10.0 Å². The first-order chi connectivity index (χ1) is 12.7. The summed E-state index contributed by atoms with van der Waals surface area (Å²) in [5.41, 5.74) is 0.966. The summed E-state index contributed by atoms with van der Waals surface area (Å²) in [4.78, 5) is 13.2.